The molecule has 1 saturated heterocycles. The van der Waals surface area contributed by atoms with Crippen molar-refractivity contribution in [2.24, 2.45) is 5.41 Å². The lowest BCUT2D eigenvalue weighted by Crippen LogP contribution is -2.45. The van der Waals surface area contributed by atoms with Gasteiger partial charge in [0.1, 0.15) is 0 Å². The lowest BCUT2D eigenvalue weighted by Gasteiger charge is -2.40. The molecular formula is C15H30N2O. The molecule has 2 rings (SSSR count). The van der Waals surface area contributed by atoms with Crippen molar-refractivity contribution in [3.8, 4) is 0 Å². The van der Waals surface area contributed by atoms with Crippen LogP contribution in [0, 0.1) is 5.41 Å². The van der Waals surface area contributed by atoms with Gasteiger partial charge in [-0.2, -0.15) is 0 Å². The Morgan fingerprint density at radius 2 is 2.06 bits per heavy atom. The number of nitrogens with one attached hydrogen (secondary N) is 1. The van der Waals surface area contributed by atoms with Crippen molar-refractivity contribution in [1.29, 1.82) is 0 Å². The van der Waals surface area contributed by atoms with E-state index in [-0.39, 0.29) is 6.10 Å². The van der Waals surface area contributed by atoms with Gasteiger partial charge in [0.2, 0.25) is 0 Å². The standard InChI is InChI=1S/C15H30N2O/c1-2-9-16-12-15(7-4-3-5-8-15)13-17-10-6-14(18)11-17/h14,16,18H,2-13H2,1H3. The van der Waals surface area contributed by atoms with Gasteiger partial charge < -0.3 is 15.3 Å². The molecule has 0 aromatic carbocycles. The van der Waals surface area contributed by atoms with E-state index >= 15 is 0 Å². The number of β-amino-alcohol motifs (C(OH)–C–C–N with tert-alkyl or cyclic N) is 1. The van der Waals surface area contributed by atoms with E-state index in [0.29, 0.717) is 5.41 Å². The highest BCUT2D eigenvalue weighted by Crippen LogP contribution is 2.37. The van der Waals surface area contributed by atoms with Crippen molar-refractivity contribution in [2.45, 2.75) is 58.0 Å². The Bertz CT molecular complexity index is 239. The van der Waals surface area contributed by atoms with Crippen LogP contribution in [0.4, 0.5) is 0 Å². The minimum Gasteiger partial charge on any atom is -0.392 e. The molecule has 0 amide bonds. The molecule has 3 heteroatoms. The van der Waals surface area contributed by atoms with E-state index < -0.39 is 0 Å². The summed E-state index contributed by atoms with van der Waals surface area (Å²) in [5.41, 5.74) is 0.484. The van der Waals surface area contributed by atoms with Crippen LogP contribution in [0.15, 0.2) is 0 Å². The number of aliphatic hydroxyl groups excluding tert-OH is 1. The Kier molecular flexibility index (Phi) is 5.46. The van der Waals surface area contributed by atoms with E-state index in [0.717, 1.165) is 26.1 Å². The number of nitrogens with zero attached hydrogens (tertiary/aromatic N) is 1. The summed E-state index contributed by atoms with van der Waals surface area (Å²) < 4.78 is 0. The first kappa shape index (κ1) is 14.3. The minimum atomic E-state index is -0.0748. The Morgan fingerprint density at radius 1 is 1.28 bits per heavy atom. The van der Waals surface area contributed by atoms with Crippen LogP contribution in [0.2, 0.25) is 0 Å². The molecule has 1 saturated carbocycles. The Labute approximate surface area is 112 Å². The van der Waals surface area contributed by atoms with Gasteiger partial charge in [-0.25, -0.2) is 0 Å². The second-order valence-electron chi connectivity index (χ2n) is 6.42. The zero-order valence-electron chi connectivity index (χ0n) is 12.0. The van der Waals surface area contributed by atoms with Crippen LogP contribution in [-0.2, 0) is 0 Å². The van der Waals surface area contributed by atoms with Crippen LogP contribution < -0.4 is 5.32 Å². The average Bonchev–Trinajstić information content (AvgIpc) is 2.76. The summed E-state index contributed by atoms with van der Waals surface area (Å²) in [6.45, 7) is 7.74. The third kappa shape index (κ3) is 3.94. The summed E-state index contributed by atoms with van der Waals surface area (Å²) >= 11 is 0. The maximum absolute atomic E-state index is 9.67. The first-order valence-electron chi connectivity index (χ1n) is 7.85. The van der Waals surface area contributed by atoms with E-state index in [1.807, 2.05) is 0 Å². The van der Waals surface area contributed by atoms with E-state index in [9.17, 15) is 5.11 Å². The lowest BCUT2D eigenvalue weighted by molar-refractivity contribution is 0.104. The van der Waals surface area contributed by atoms with E-state index in [1.54, 1.807) is 0 Å². The molecule has 2 aliphatic rings. The molecule has 2 fully saturated rings. The summed E-state index contributed by atoms with van der Waals surface area (Å²) in [4.78, 5) is 2.49. The Morgan fingerprint density at radius 3 is 2.67 bits per heavy atom. The van der Waals surface area contributed by atoms with Gasteiger partial charge in [0.05, 0.1) is 6.10 Å². The first-order chi connectivity index (χ1) is 8.74. The molecule has 106 valence electrons. The van der Waals surface area contributed by atoms with Crippen molar-refractivity contribution in [3.05, 3.63) is 0 Å². The molecule has 0 aromatic rings. The maximum atomic E-state index is 9.67. The number of likely N-dealkylation sites (tertiary alicyclic amines) is 1. The third-order valence-corrected chi connectivity index (χ3v) is 4.65. The molecule has 0 radical (unpaired) electrons. The van der Waals surface area contributed by atoms with Gasteiger partial charge in [-0.05, 0) is 37.6 Å². The van der Waals surface area contributed by atoms with Crippen LogP contribution in [0.5, 0.6) is 0 Å². The molecule has 1 heterocycles. The summed E-state index contributed by atoms with van der Waals surface area (Å²) in [5.74, 6) is 0. The lowest BCUT2D eigenvalue weighted by atomic mass is 9.73. The summed E-state index contributed by atoms with van der Waals surface area (Å²) in [6.07, 6.45) is 9.06. The maximum Gasteiger partial charge on any atom is 0.0679 e. The van der Waals surface area contributed by atoms with Crippen molar-refractivity contribution < 1.29 is 5.11 Å². The fourth-order valence-corrected chi connectivity index (χ4v) is 3.65. The monoisotopic (exact) mass is 254 g/mol. The SMILES string of the molecule is CCCNCC1(CN2CCC(O)C2)CCCCC1. The largest absolute Gasteiger partial charge is 0.392 e. The van der Waals surface area contributed by atoms with Crippen molar-refractivity contribution in [1.82, 2.24) is 10.2 Å². The highest BCUT2D eigenvalue weighted by molar-refractivity contribution is 4.90. The number of hydrogen-bond acceptors (Lipinski definition) is 3. The molecule has 2 N–H and O–H groups in total. The average molecular weight is 254 g/mol. The molecule has 0 spiro atoms. The summed E-state index contributed by atoms with van der Waals surface area (Å²) in [5, 5.41) is 13.3. The van der Waals surface area contributed by atoms with Crippen LogP contribution in [0.1, 0.15) is 51.9 Å². The highest BCUT2D eigenvalue weighted by Gasteiger charge is 2.35. The first-order valence-corrected chi connectivity index (χ1v) is 7.85. The fraction of sp³-hybridized carbons (Fsp3) is 1.00. The molecule has 18 heavy (non-hydrogen) atoms. The van der Waals surface area contributed by atoms with Crippen LogP contribution in [-0.4, -0.2) is 48.8 Å². The van der Waals surface area contributed by atoms with Gasteiger partial charge in [-0.3, -0.25) is 0 Å². The zero-order valence-corrected chi connectivity index (χ0v) is 12.0. The van der Waals surface area contributed by atoms with Gasteiger partial charge >= 0.3 is 0 Å². The smallest absolute Gasteiger partial charge is 0.0679 e. The van der Waals surface area contributed by atoms with Crippen molar-refractivity contribution in [2.75, 3.05) is 32.7 Å². The Hall–Kier alpha value is -0.120. The number of hydrogen-bond donors (Lipinski definition) is 2. The van der Waals surface area contributed by atoms with Gasteiger partial charge in [0.25, 0.3) is 0 Å². The minimum absolute atomic E-state index is 0.0748. The Balaban J connectivity index is 1.86. The molecule has 3 nitrogen and oxygen atoms in total. The molecule has 1 aliphatic carbocycles. The summed E-state index contributed by atoms with van der Waals surface area (Å²) in [6, 6.07) is 0. The molecule has 1 atom stereocenters. The predicted octanol–water partition coefficient (Wildman–Crippen LogP) is 2.00. The number of rotatable bonds is 6. The zero-order chi connectivity index (χ0) is 12.8. The fourth-order valence-electron chi connectivity index (χ4n) is 3.65. The molecule has 1 unspecified atom stereocenters. The molecular weight excluding hydrogens is 224 g/mol. The van der Waals surface area contributed by atoms with Crippen LogP contribution in [0.3, 0.4) is 0 Å². The normalized spacial score (nSPS) is 28.7. The van der Waals surface area contributed by atoms with Gasteiger partial charge in [-0.1, -0.05) is 26.2 Å². The predicted molar refractivity (Wildman–Crippen MR) is 75.7 cm³/mol. The second-order valence-corrected chi connectivity index (χ2v) is 6.42. The van der Waals surface area contributed by atoms with E-state index in [2.05, 4.69) is 17.1 Å². The molecule has 0 bridgehead atoms. The van der Waals surface area contributed by atoms with Crippen molar-refractivity contribution in [3.63, 3.8) is 0 Å². The van der Waals surface area contributed by atoms with E-state index in [1.165, 1.54) is 51.6 Å². The third-order valence-electron chi connectivity index (χ3n) is 4.65. The number of aliphatic hydroxyl groups is 1. The van der Waals surface area contributed by atoms with E-state index in [4.69, 9.17) is 0 Å². The van der Waals surface area contributed by atoms with Crippen LogP contribution in [0.25, 0.3) is 0 Å². The molecule has 0 aromatic heterocycles. The van der Waals surface area contributed by atoms with Crippen molar-refractivity contribution >= 4 is 0 Å². The topological polar surface area (TPSA) is 35.5 Å². The molecule has 1 aliphatic heterocycles. The second kappa shape index (κ2) is 6.88. The summed E-state index contributed by atoms with van der Waals surface area (Å²) in [7, 11) is 0. The van der Waals surface area contributed by atoms with Gasteiger partial charge in [0.15, 0.2) is 0 Å². The quantitative estimate of drug-likeness (QED) is 0.712. The highest BCUT2D eigenvalue weighted by atomic mass is 16.3. The van der Waals surface area contributed by atoms with Gasteiger partial charge in [-0.15, -0.1) is 0 Å². The van der Waals surface area contributed by atoms with Gasteiger partial charge in [0, 0.05) is 26.2 Å². The van der Waals surface area contributed by atoms with Crippen LogP contribution >= 0.6 is 0 Å².